The van der Waals surface area contributed by atoms with Crippen LogP contribution in [0.5, 0.6) is 0 Å². The molecular weight excluding hydrogens is 212 g/mol. The van der Waals surface area contributed by atoms with Crippen molar-refractivity contribution in [2.24, 2.45) is 0 Å². The second-order valence-electron chi connectivity index (χ2n) is 4.14. The van der Waals surface area contributed by atoms with Crippen LogP contribution in [0.15, 0.2) is 70.2 Å². The summed E-state index contributed by atoms with van der Waals surface area (Å²) in [6.45, 7) is 2.16. The monoisotopic (exact) mass is 224 g/mol. The van der Waals surface area contributed by atoms with Crippen molar-refractivity contribution in [3.8, 4) is 0 Å². The molecule has 0 saturated heterocycles. The molecule has 0 unspecified atom stereocenters. The lowest BCUT2D eigenvalue weighted by Gasteiger charge is -2.07. The summed E-state index contributed by atoms with van der Waals surface area (Å²) in [6, 6.07) is 8.32. The van der Waals surface area contributed by atoms with Gasteiger partial charge in [-0.2, -0.15) is 0 Å². The fraction of sp³-hybridized carbons (Fsp3) is 0.0667. The van der Waals surface area contributed by atoms with E-state index in [2.05, 4.69) is 56.0 Å². The van der Waals surface area contributed by atoms with E-state index in [1.807, 2.05) is 12.1 Å². The molecule has 0 bridgehead atoms. The first kappa shape index (κ1) is 9.73. The molecule has 1 aromatic rings. The van der Waals surface area contributed by atoms with Crippen LogP contribution in [-0.2, 0) is 0 Å². The van der Waals surface area contributed by atoms with Gasteiger partial charge in [0.2, 0.25) is 0 Å². The van der Waals surface area contributed by atoms with E-state index in [4.69, 9.17) is 0 Å². The highest BCUT2D eigenvalue weighted by Gasteiger charge is 2.20. The van der Waals surface area contributed by atoms with Crippen LogP contribution in [0.4, 0.5) is 0 Å². The van der Waals surface area contributed by atoms with Crippen molar-refractivity contribution in [2.75, 3.05) is 0 Å². The maximum absolute atomic E-state index is 4.31. The van der Waals surface area contributed by atoms with Crippen molar-refractivity contribution in [1.29, 1.82) is 0 Å². The third-order valence-electron chi connectivity index (χ3n) is 3.10. The molecule has 0 N–H and O–H groups in total. The van der Waals surface area contributed by atoms with Crippen molar-refractivity contribution in [2.45, 2.75) is 11.8 Å². The van der Waals surface area contributed by atoms with Gasteiger partial charge in [0.1, 0.15) is 0 Å². The Hall–Kier alpha value is -1.47. The number of hydrogen-bond donors (Lipinski definition) is 1. The molecule has 78 valence electrons. The second kappa shape index (κ2) is 3.53. The van der Waals surface area contributed by atoms with Crippen molar-refractivity contribution in [3.05, 3.63) is 70.9 Å². The van der Waals surface area contributed by atoms with Crippen LogP contribution in [0.1, 0.15) is 12.5 Å². The van der Waals surface area contributed by atoms with Crippen molar-refractivity contribution in [1.82, 2.24) is 0 Å². The van der Waals surface area contributed by atoms with Crippen molar-refractivity contribution >= 4 is 18.2 Å². The summed E-state index contributed by atoms with van der Waals surface area (Å²) in [5, 5.41) is 0. The molecule has 16 heavy (non-hydrogen) atoms. The topological polar surface area (TPSA) is 0 Å². The molecule has 0 heterocycles. The molecule has 3 rings (SSSR count). The average Bonchev–Trinajstić information content (AvgIpc) is 2.84. The minimum absolute atomic E-state index is 1.00. The zero-order chi connectivity index (χ0) is 11.1. The quantitative estimate of drug-likeness (QED) is 0.679. The zero-order valence-electron chi connectivity index (χ0n) is 9.07. The minimum atomic E-state index is 1.00. The fourth-order valence-corrected chi connectivity index (χ4v) is 2.35. The first-order chi connectivity index (χ1) is 7.75. The molecule has 0 aromatic heterocycles. The Morgan fingerprint density at radius 1 is 0.750 bits per heavy atom. The van der Waals surface area contributed by atoms with Crippen LogP contribution >= 0.6 is 12.6 Å². The normalized spacial score (nSPS) is 17.6. The van der Waals surface area contributed by atoms with E-state index in [0.29, 0.717) is 0 Å². The molecule has 0 nitrogen and oxygen atoms in total. The first-order valence-electron chi connectivity index (χ1n) is 5.37. The van der Waals surface area contributed by atoms with Gasteiger partial charge in [0.15, 0.2) is 0 Å². The van der Waals surface area contributed by atoms with E-state index in [9.17, 15) is 0 Å². The maximum atomic E-state index is 4.31. The smallest absolute Gasteiger partial charge is 0.00404 e. The highest BCUT2D eigenvalue weighted by molar-refractivity contribution is 7.80. The summed E-state index contributed by atoms with van der Waals surface area (Å²) in [6.07, 6.45) is 8.79. The van der Waals surface area contributed by atoms with Crippen molar-refractivity contribution in [3.63, 3.8) is 0 Å². The Bertz CT molecular complexity index is 566. The van der Waals surface area contributed by atoms with Gasteiger partial charge >= 0.3 is 0 Å². The van der Waals surface area contributed by atoms with Gasteiger partial charge in [-0.15, -0.1) is 12.6 Å². The molecule has 0 saturated carbocycles. The second-order valence-corrected chi connectivity index (χ2v) is 4.65. The van der Waals surface area contributed by atoms with Gasteiger partial charge in [-0.05, 0) is 46.9 Å². The van der Waals surface area contributed by atoms with E-state index in [1.54, 1.807) is 0 Å². The van der Waals surface area contributed by atoms with E-state index in [0.717, 1.165) is 4.90 Å². The molecule has 0 atom stereocenters. The van der Waals surface area contributed by atoms with Gasteiger partial charge in [-0.25, -0.2) is 0 Å². The van der Waals surface area contributed by atoms with Crippen LogP contribution in [-0.4, -0.2) is 0 Å². The molecule has 0 radical (unpaired) electrons. The van der Waals surface area contributed by atoms with E-state index >= 15 is 0 Å². The molecular formula is C15H12S. The van der Waals surface area contributed by atoms with E-state index < -0.39 is 0 Å². The van der Waals surface area contributed by atoms with Crippen LogP contribution in [0.3, 0.4) is 0 Å². The molecule has 0 spiro atoms. The lowest BCUT2D eigenvalue weighted by molar-refractivity contribution is 1.43. The summed E-state index contributed by atoms with van der Waals surface area (Å²) >= 11 is 4.31. The molecule has 2 aliphatic carbocycles. The fourth-order valence-electron chi connectivity index (χ4n) is 2.21. The summed E-state index contributed by atoms with van der Waals surface area (Å²) in [5.74, 6) is 0. The number of benzene rings is 1. The Morgan fingerprint density at radius 3 is 2.12 bits per heavy atom. The lowest BCUT2D eigenvalue weighted by Crippen LogP contribution is -1.87. The number of hydrogen-bond acceptors (Lipinski definition) is 1. The Kier molecular flexibility index (Phi) is 2.15. The van der Waals surface area contributed by atoms with Gasteiger partial charge in [0, 0.05) is 4.90 Å². The zero-order valence-corrected chi connectivity index (χ0v) is 9.96. The highest BCUT2D eigenvalue weighted by Crippen LogP contribution is 2.40. The number of allylic oxidation sites excluding steroid dienone is 8. The predicted octanol–water partition coefficient (Wildman–Crippen LogP) is 4.19. The average molecular weight is 224 g/mol. The van der Waals surface area contributed by atoms with Crippen LogP contribution < -0.4 is 0 Å². The van der Waals surface area contributed by atoms with Crippen LogP contribution in [0.2, 0.25) is 0 Å². The molecule has 1 aromatic carbocycles. The van der Waals surface area contributed by atoms with Gasteiger partial charge in [0.05, 0.1) is 0 Å². The third-order valence-corrected chi connectivity index (χ3v) is 3.40. The van der Waals surface area contributed by atoms with Gasteiger partial charge < -0.3 is 0 Å². The number of rotatable bonds is 1. The van der Waals surface area contributed by atoms with Crippen LogP contribution in [0, 0.1) is 0 Å². The van der Waals surface area contributed by atoms with E-state index in [1.165, 1.54) is 27.9 Å². The lowest BCUT2D eigenvalue weighted by atomic mass is 9.97. The van der Waals surface area contributed by atoms with E-state index in [-0.39, 0.29) is 0 Å². The molecule has 0 fully saturated rings. The van der Waals surface area contributed by atoms with Gasteiger partial charge in [-0.1, -0.05) is 36.4 Å². The first-order valence-corrected chi connectivity index (χ1v) is 5.81. The van der Waals surface area contributed by atoms with Gasteiger partial charge in [0.25, 0.3) is 0 Å². The summed E-state index contributed by atoms with van der Waals surface area (Å²) < 4.78 is 0. The summed E-state index contributed by atoms with van der Waals surface area (Å²) in [5.41, 5.74) is 6.65. The number of fused-ring (bicyclic) bond motifs is 1. The minimum Gasteiger partial charge on any atom is -0.143 e. The SMILES string of the molecule is CC1=CC=C2C1=CC=C2c1ccc(S)cc1. The summed E-state index contributed by atoms with van der Waals surface area (Å²) in [4.78, 5) is 1.00. The highest BCUT2D eigenvalue weighted by atomic mass is 32.1. The Morgan fingerprint density at radius 2 is 1.38 bits per heavy atom. The summed E-state index contributed by atoms with van der Waals surface area (Å²) in [7, 11) is 0. The molecule has 0 aliphatic heterocycles. The molecule has 1 heteroatoms. The largest absolute Gasteiger partial charge is 0.143 e. The Labute approximate surface area is 101 Å². The number of thiol groups is 1. The van der Waals surface area contributed by atoms with Crippen LogP contribution in [0.25, 0.3) is 5.57 Å². The molecule has 2 aliphatic rings. The van der Waals surface area contributed by atoms with Crippen molar-refractivity contribution < 1.29 is 0 Å². The third kappa shape index (κ3) is 1.40. The predicted molar refractivity (Wildman–Crippen MR) is 71.6 cm³/mol. The Balaban J connectivity index is 1.99. The van der Waals surface area contributed by atoms with Gasteiger partial charge in [-0.3, -0.25) is 0 Å². The maximum Gasteiger partial charge on any atom is 0.00404 e. The molecule has 0 amide bonds. The standard InChI is InChI=1S/C15H12S/c1-10-2-7-15-13(10)8-9-14(15)11-3-5-12(16)6-4-11/h2-9,16H,1H3.